The number of nitrogens with zero attached hydrogens (tertiary/aromatic N) is 2. The van der Waals surface area contributed by atoms with E-state index in [-0.39, 0.29) is 43.2 Å². The number of hydrogen-bond acceptors (Lipinski definition) is 3. The van der Waals surface area contributed by atoms with Crippen molar-refractivity contribution in [1.82, 2.24) is 9.80 Å². The number of carboxylic acids is 1. The molecule has 0 aromatic heterocycles. The lowest BCUT2D eigenvalue weighted by molar-refractivity contribution is -0.139. The molecule has 0 amide bonds. The van der Waals surface area contributed by atoms with Crippen molar-refractivity contribution in [1.29, 1.82) is 0 Å². The monoisotopic (exact) mass is 490 g/mol. The van der Waals surface area contributed by atoms with Crippen molar-refractivity contribution in [3.8, 4) is 0 Å². The maximum absolute atomic E-state index is 13.9. The Kier molecular flexibility index (Phi) is 9.44. The van der Waals surface area contributed by atoms with Crippen molar-refractivity contribution in [2.45, 2.75) is 18.5 Å². The first-order valence-electron chi connectivity index (χ1n) is 10.6. The summed E-state index contributed by atoms with van der Waals surface area (Å²) in [6, 6.07) is 27.4. The van der Waals surface area contributed by atoms with Gasteiger partial charge in [-0.2, -0.15) is 0 Å². The largest absolute Gasteiger partial charge is 0.480 e. The third-order valence-electron chi connectivity index (χ3n) is 6.22. The molecule has 0 bridgehead atoms. The summed E-state index contributed by atoms with van der Waals surface area (Å²) >= 11 is 0. The second kappa shape index (κ2) is 11.6. The van der Waals surface area contributed by atoms with Gasteiger partial charge >= 0.3 is 5.97 Å². The number of piperazine rings is 1. The van der Waals surface area contributed by atoms with Gasteiger partial charge in [0.05, 0.1) is 12.1 Å². The summed E-state index contributed by atoms with van der Waals surface area (Å²) in [4.78, 5) is 15.7. The molecule has 0 unspecified atom stereocenters. The van der Waals surface area contributed by atoms with E-state index in [1.165, 1.54) is 12.1 Å². The van der Waals surface area contributed by atoms with E-state index < -0.39 is 11.5 Å². The van der Waals surface area contributed by atoms with Gasteiger partial charge in [-0.1, -0.05) is 72.8 Å². The van der Waals surface area contributed by atoms with Crippen LogP contribution < -0.4 is 0 Å². The molecule has 1 atom stereocenters. The number of aliphatic carboxylic acids is 1. The van der Waals surface area contributed by atoms with Crippen LogP contribution in [0.2, 0.25) is 0 Å². The molecule has 1 fully saturated rings. The lowest BCUT2D eigenvalue weighted by atomic mass is 9.75. The van der Waals surface area contributed by atoms with Gasteiger partial charge in [-0.15, -0.1) is 24.8 Å². The standard InChI is InChI=1S/C26H27FN2O2.2ClH/c1-20-18-29(17-16-28(20)19-25(30)31)26(21-8-4-2-5-9-21,22-10-6-3-7-11-22)23-12-14-24(27)15-13-23;;/h2-15,20H,16-19H2,1H3,(H,30,31);2*1H/t20-;;/m1../s1. The minimum absolute atomic E-state index is 0. The Balaban J connectivity index is 0.00000193. The zero-order valence-electron chi connectivity index (χ0n) is 18.4. The molecular formula is C26H29Cl2FN2O2. The SMILES string of the molecule is C[C@@H]1CN(C(c2ccccc2)(c2ccccc2)c2ccc(F)cc2)CCN1CC(=O)O.Cl.Cl. The van der Waals surface area contributed by atoms with Crippen molar-refractivity contribution in [3.05, 3.63) is 107 Å². The van der Waals surface area contributed by atoms with Crippen molar-refractivity contribution < 1.29 is 14.3 Å². The molecule has 1 N–H and O–H groups in total. The molecule has 1 heterocycles. The van der Waals surface area contributed by atoms with E-state index in [2.05, 4.69) is 36.1 Å². The van der Waals surface area contributed by atoms with Crippen LogP contribution in [0.25, 0.3) is 0 Å². The smallest absolute Gasteiger partial charge is 0.317 e. The van der Waals surface area contributed by atoms with Gasteiger partial charge in [-0.25, -0.2) is 4.39 Å². The summed E-state index contributed by atoms with van der Waals surface area (Å²) < 4.78 is 13.9. The Morgan fingerprint density at radius 1 is 0.879 bits per heavy atom. The first-order chi connectivity index (χ1) is 15.0. The summed E-state index contributed by atoms with van der Waals surface area (Å²) in [5.41, 5.74) is 2.59. The molecule has 3 aromatic carbocycles. The second-order valence-electron chi connectivity index (χ2n) is 8.11. The Bertz CT molecular complexity index is 980. The minimum Gasteiger partial charge on any atom is -0.480 e. The highest BCUT2D eigenvalue weighted by Gasteiger charge is 2.44. The van der Waals surface area contributed by atoms with E-state index in [0.717, 1.165) is 16.7 Å². The fourth-order valence-electron chi connectivity index (χ4n) is 4.81. The molecular weight excluding hydrogens is 462 g/mol. The molecule has 3 aromatic rings. The molecule has 1 saturated heterocycles. The van der Waals surface area contributed by atoms with Gasteiger partial charge in [0.25, 0.3) is 0 Å². The lowest BCUT2D eigenvalue weighted by Crippen LogP contribution is -2.60. The van der Waals surface area contributed by atoms with Crippen molar-refractivity contribution in [2.75, 3.05) is 26.2 Å². The maximum atomic E-state index is 13.9. The average molecular weight is 491 g/mol. The van der Waals surface area contributed by atoms with E-state index in [1.54, 1.807) is 0 Å². The van der Waals surface area contributed by atoms with Crippen LogP contribution in [0, 0.1) is 5.82 Å². The fourth-order valence-corrected chi connectivity index (χ4v) is 4.81. The Morgan fingerprint density at radius 2 is 1.36 bits per heavy atom. The number of benzene rings is 3. The normalized spacial score (nSPS) is 17.0. The van der Waals surface area contributed by atoms with Gasteiger partial charge in [-0.05, 0) is 35.7 Å². The highest BCUT2D eigenvalue weighted by Crippen LogP contribution is 2.43. The molecule has 33 heavy (non-hydrogen) atoms. The van der Waals surface area contributed by atoms with Gasteiger partial charge < -0.3 is 5.11 Å². The zero-order valence-corrected chi connectivity index (χ0v) is 20.1. The molecule has 0 radical (unpaired) electrons. The Hall–Kier alpha value is -2.44. The summed E-state index contributed by atoms with van der Waals surface area (Å²) in [5, 5.41) is 9.28. The average Bonchev–Trinajstić information content (AvgIpc) is 2.78. The van der Waals surface area contributed by atoms with Gasteiger partial charge in [0.15, 0.2) is 0 Å². The topological polar surface area (TPSA) is 43.8 Å². The van der Waals surface area contributed by atoms with Crippen LogP contribution in [0.3, 0.4) is 0 Å². The maximum Gasteiger partial charge on any atom is 0.317 e. The number of hydrogen-bond donors (Lipinski definition) is 1. The van der Waals surface area contributed by atoms with Crippen molar-refractivity contribution >= 4 is 30.8 Å². The van der Waals surface area contributed by atoms with E-state index in [9.17, 15) is 14.3 Å². The first kappa shape index (κ1) is 26.8. The quantitative estimate of drug-likeness (QED) is 0.490. The molecule has 4 rings (SSSR count). The number of rotatable bonds is 6. The summed E-state index contributed by atoms with van der Waals surface area (Å²) in [7, 11) is 0. The Morgan fingerprint density at radius 3 is 1.82 bits per heavy atom. The molecule has 1 aliphatic rings. The number of halogens is 3. The highest BCUT2D eigenvalue weighted by atomic mass is 35.5. The third-order valence-corrected chi connectivity index (χ3v) is 6.22. The molecule has 0 spiro atoms. The van der Waals surface area contributed by atoms with Crippen LogP contribution in [-0.2, 0) is 10.3 Å². The molecule has 0 aliphatic carbocycles. The van der Waals surface area contributed by atoms with Crippen LogP contribution in [0.4, 0.5) is 4.39 Å². The summed E-state index contributed by atoms with van der Waals surface area (Å²) in [6.45, 7) is 4.14. The van der Waals surface area contributed by atoms with Crippen LogP contribution >= 0.6 is 24.8 Å². The molecule has 1 aliphatic heterocycles. The van der Waals surface area contributed by atoms with E-state index in [0.29, 0.717) is 19.6 Å². The minimum atomic E-state index is -0.809. The molecule has 0 saturated carbocycles. The number of carboxylic acid groups (broad SMARTS) is 1. The zero-order chi connectivity index (χ0) is 21.8. The van der Waals surface area contributed by atoms with Crippen LogP contribution in [0.1, 0.15) is 23.6 Å². The lowest BCUT2D eigenvalue weighted by Gasteiger charge is -2.51. The highest BCUT2D eigenvalue weighted by molar-refractivity contribution is 5.85. The molecule has 4 nitrogen and oxygen atoms in total. The van der Waals surface area contributed by atoms with Gasteiger partial charge in [0, 0.05) is 25.7 Å². The van der Waals surface area contributed by atoms with E-state index >= 15 is 0 Å². The van der Waals surface area contributed by atoms with Crippen molar-refractivity contribution in [3.63, 3.8) is 0 Å². The molecule has 7 heteroatoms. The predicted octanol–water partition coefficient (Wildman–Crippen LogP) is 5.05. The summed E-state index contributed by atoms with van der Waals surface area (Å²) in [5.74, 6) is -1.07. The van der Waals surface area contributed by atoms with E-state index in [1.807, 2.05) is 53.4 Å². The first-order valence-corrected chi connectivity index (χ1v) is 10.6. The Labute approximate surface area is 206 Å². The van der Waals surface area contributed by atoms with Crippen molar-refractivity contribution in [2.24, 2.45) is 0 Å². The fraction of sp³-hybridized carbons (Fsp3) is 0.269. The van der Waals surface area contributed by atoms with Crippen LogP contribution in [-0.4, -0.2) is 53.1 Å². The van der Waals surface area contributed by atoms with Gasteiger partial charge in [0.1, 0.15) is 5.82 Å². The predicted molar refractivity (Wildman–Crippen MR) is 134 cm³/mol. The molecule has 176 valence electrons. The van der Waals surface area contributed by atoms with Crippen LogP contribution in [0.15, 0.2) is 84.9 Å². The third kappa shape index (κ3) is 5.39. The summed E-state index contributed by atoms with van der Waals surface area (Å²) in [6.07, 6.45) is 0. The van der Waals surface area contributed by atoms with Gasteiger partial charge in [-0.3, -0.25) is 14.6 Å². The number of carbonyl (C=O) groups is 1. The van der Waals surface area contributed by atoms with E-state index in [4.69, 9.17) is 0 Å². The second-order valence-corrected chi connectivity index (χ2v) is 8.11. The van der Waals surface area contributed by atoms with Gasteiger partial charge in [0.2, 0.25) is 0 Å². The van der Waals surface area contributed by atoms with Crippen LogP contribution in [0.5, 0.6) is 0 Å².